The highest BCUT2D eigenvalue weighted by molar-refractivity contribution is 7.84. The van der Waals surface area contributed by atoms with Crippen molar-refractivity contribution in [1.82, 2.24) is 9.29 Å². The van der Waals surface area contributed by atoms with Gasteiger partial charge in [-0.2, -0.15) is 0 Å². The maximum atomic E-state index is 13.0. The number of nitrogens with zero attached hydrogens (tertiary/aromatic N) is 4. The molecule has 0 spiro atoms. The van der Waals surface area contributed by atoms with Crippen LogP contribution in [0.3, 0.4) is 0 Å². The summed E-state index contributed by atoms with van der Waals surface area (Å²) in [5, 5.41) is 16.2. The van der Waals surface area contributed by atoms with E-state index in [1.807, 2.05) is 33.7 Å². The van der Waals surface area contributed by atoms with Crippen molar-refractivity contribution in [2.24, 2.45) is 5.16 Å². The Bertz CT molecular complexity index is 1030. The SMILES string of the molecule is CCO/N=C1\CCc2cc(OCCCCCN3CCN(c4ccnc(NCCO)c4)S3=O)ccc21. The first-order valence-electron chi connectivity index (χ1n) is 12.4. The van der Waals surface area contributed by atoms with Crippen molar-refractivity contribution in [1.29, 1.82) is 0 Å². The molecule has 1 saturated heterocycles. The quantitative estimate of drug-likeness (QED) is 0.323. The van der Waals surface area contributed by atoms with Crippen LogP contribution in [0.4, 0.5) is 11.5 Å². The zero-order valence-corrected chi connectivity index (χ0v) is 21.1. The summed E-state index contributed by atoms with van der Waals surface area (Å²) in [6.07, 6.45) is 6.55. The van der Waals surface area contributed by atoms with Gasteiger partial charge in [-0.05, 0) is 68.9 Å². The standard InChI is InChI=1S/C25H35N5O4S/c1-2-34-28-24-9-6-20-18-22(7-8-23(20)24)33-17-5-3-4-13-29-14-15-30(35(29)32)21-10-11-26-25(19-21)27-12-16-31/h7-8,10-11,18-19,31H,2-6,9,12-17H2,1H3,(H,26,27)/b28-24+. The van der Waals surface area contributed by atoms with Crippen LogP contribution >= 0.6 is 0 Å². The molecule has 1 unspecified atom stereocenters. The first-order chi connectivity index (χ1) is 17.2. The monoisotopic (exact) mass is 501 g/mol. The Labute approximate surface area is 209 Å². The normalized spacial score (nSPS) is 18.7. The van der Waals surface area contributed by atoms with Crippen LogP contribution in [0, 0.1) is 0 Å². The molecule has 9 nitrogen and oxygen atoms in total. The largest absolute Gasteiger partial charge is 0.494 e. The Kier molecular flexibility index (Phi) is 9.33. The molecule has 4 rings (SSSR count). The van der Waals surface area contributed by atoms with Crippen molar-refractivity contribution in [3.63, 3.8) is 0 Å². The molecule has 10 heteroatoms. The molecule has 2 aliphatic rings. The zero-order chi connectivity index (χ0) is 24.5. The molecule has 1 atom stereocenters. The summed E-state index contributed by atoms with van der Waals surface area (Å²) in [5.74, 6) is 1.58. The molecule has 2 heterocycles. The number of benzene rings is 1. The Hall–Kier alpha value is -2.69. The van der Waals surface area contributed by atoms with Gasteiger partial charge < -0.3 is 20.0 Å². The van der Waals surface area contributed by atoms with Gasteiger partial charge in [0.2, 0.25) is 0 Å². The molecule has 0 bridgehead atoms. The second-order valence-corrected chi connectivity index (χ2v) is 9.91. The number of hydrogen-bond donors (Lipinski definition) is 2. The lowest BCUT2D eigenvalue weighted by molar-refractivity contribution is 0.158. The van der Waals surface area contributed by atoms with Gasteiger partial charge in [0.15, 0.2) is 11.2 Å². The van der Waals surface area contributed by atoms with E-state index in [0.717, 1.165) is 62.3 Å². The maximum absolute atomic E-state index is 13.0. The number of unbranched alkanes of at least 4 members (excludes halogenated alkanes) is 2. The molecule has 2 aromatic rings. The fourth-order valence-electron chi connectivity index (χ4n) is 4.29. The van der Waals surface area contributed by atoms with E-state index < -0.39 is 11.2 Å². The molecule has 1 aliphatic heterocycles. The predicted molar refractivity (Wildman–Crippen MR) is 139 cm³/mol. The van der Waals surface area contributed by atoms with E-state index in [0.29, 0.717) is 32.1 Å². The highest BCUT2D eigenvalue weighted by Gasteiger charge is 2.28. The molecule has 1 aromatic carbocycles. The summed E-state index contributed by atoms with van der Waals surface area (Å²) in [4.78, 5) is 9.45. The van der Waals surface area contributed by atoms with Gasteiger partial charge in [0, 0.05) is 44.0 Å². The number of aromatic nitrogens is 1. The van der Waals surface area contributed by atoms with Crippen LogP contribution < -0.4 is 14.4 Å². The molecular formula is C25H35N5O4S. The number of hydrogen-bond acceptors (Lipinski definition) is 7. The number of fused-ring (bicyclic) bond motifs is 1. The fraction of sp³-hybridized carbons (Fsp3) is 0.520. The van der Waals surface area contributed by atoms with E-state index >= 15 is 0 Å². The van der Waals surface area contributed by atoms with E-state index in [4.69, 9.17) is 14.7 Å². The number of nitrogens with one attached hydrogen (secondary N) is 1. The van der Waals surface area contributed by atoms with Gasteiger partial charge in [-0.25, -0.2) is 13.5 Å². The third-order valence-electron chi connectivity index (χ3n) is 6.05. The number of anilines is 2. The topological polar surface area (TPSA) is 99.5 Å². The third kappa shape index (κ3) is 6.71. The summed E-state index contributed by atoms with van der Waals surface area (Å²) in [6, 6.07) is 9.96. The van der Waals surface area contributed by atoms with Gasteiger partial charge in [0.05, 0.1) is 24.6 Å². The van der Waals surface area contributed by atoms with Crippen molar-refractivity contribution < 1.29 is 18.9 Å². The van der Waals surface area contributed by atoms with E-state index in [1.54, 1.807) is 6.20 Å². The maximum Gasteiger partial charge on any atom is 0.199 e. The van der Waals surface area contributed by atoms with Gasteiger partial charge in [0.25, 0.3) is 0 Å². The Balaban J connectivity index is 1.16. The third-order valence-corrected chi connectivity index (χ3v) is 7.63. The van der Waals surface area contributed by atoms with Crippen LogP contribution in [0.5, 0.6) is 5.75 Å². The van der Waals surface area contributed by atoms with Crippen LogP contribution in [0.25, 0.3) is 0 Å². The molecule has 0 amide bonds. The summed E-state index contributed by atoms with van der Waals surface area (Å²) in [7, 11) is 0. The lowest BCUT2D eigenvalue weighted by atomic mass is 10.1. The van der Waals surface area contributed by atoms with Crippen molar-refractivity contribution in [2.75, 3.05) is 55.6 Å². The van der Waals surface area contributed by atoms with Crippen molar-refractivity contribution in [3.8, 4) is 5.75 Å². The minimum absolute atomic E-state index is 0.0405. The van der Waals surface area contributed by atoms with Gasteiger partial charge in [0.1, 0.15) is 18.2 Å². The van der Waals surface area contributed by atoms with E-state index in [2.05, 4.69) is 27.6 Å². The van der Waals surface area contributed by atoms with Gasteiger partial charge in [-0.3, -0.25) is 4.31 Å². The predicted octanol–water partition coefficient (Wildman–Crippen LogP) is 3.12. The molecule has 0 saturated carbocycles. The number of ether oxygens (including phenoxy) is 1. The minimum atomic E-state index is -1.19. The number of aliphatic hydroxyl groups is 1. The molecule has 35 heavy (non-hydrogen) atoms. The lowest BCUT2D eigenvalue weighted by Gasteiger charge is -2.19. The Morgan fingerprint density at radius 1 is 1.17 bits per heavy atom. The first-order valence-corrected chi connectivity index (χ1v) is 13.5. The van der Waals surface area contributed by atoms with Crippen LogP contribution in [-0.2, 0) is 22.4 Å². The van der Waals surface area contributed by atoms with Crippen LogP contribution in [-0.4, -0.2) is 70.3 Å². The van der Waals surface area contributed by atoms with E-state index in [9.17, 15) is 4.21 Å². The summed E-state index contributed by atoms with van der Waals surface area (Å²) < 4.78 is 22.8. The van der Waals surface area contributed by atoms with E-state index in [1.165, 1.54) is 11.1 Å². The molecule has 1 aromatic heterocycles. The highest BCUT2D eigenvalue weighted by Crippen LogP contribution is 2.27. The summed E-state index contributed by atoms with van der Waals surface area (Å²) >= 11 is -1.19. The summed E-state index contributed by atoms with van der Waals surface area (Å²) in [5.41, 5.74) is 4.34. The van der Waals surface area contributed by atoms with Crippen molar-refractivity contribution >= 4 is 28.4 Å². The smallest absolute Gasteiger partial charge is 0.199 e. The average molecular weight is 502 g/mol. The first kappa shape index (κ1) is 25.4. The highest BCUT2D eigenvalue weighted by atomic mass is 32.2. The minimum Gasteiger partial charge on any atom is -0.494 e. The van der Waals surface area contributed by atoms with Gasteiger partial charge in [-0.1, -0.05) is 5.16 Å². The zero-order valence-electron chi connectivity index (χ0n) is 20.3. The molecule has 1 aliphatic carbocycles. The molecule has 0 radical (unpaired) electrons. The Morgan fingerprint density at radius 2 is 2.09 bits per heavy atom. The van der Waals surface area contributed by atoms with Gasteiger partial charge in [-0.15, -0.1) is 0 Å². The van der Waals surface area contributed by atoms with Crippen LogP contribution in [0.2, 0.25) is 0 Å². The fourth-order valence-corrected chi connectivity index (χ4v) is 5.63. The number of pyridine rings is 1. The molecular weight excluding hydrogens is 466 g/mol. The summed E-state index contributed by atoms with van der Waals surface area (Å²) in [6.45, 7) is 5.96. The molecule has 1 fully saturated rings. The van der Waals surface area contributed by atoms with Crippen molar-refractivity contribution in [3.05, 3.63) is 47.7 Å². The molecule has 2 N–H and O–H groups in total. The Morgan fingerprint density at radius 3 is 2.94 bits per heavy atom. The second-order valence-electron chi connectivity index (χ2n) is 8.50. The second kappa shape index (κ2) is 12.9. The lowest BCUT2D eigenvalue weighted by Crippen LogP contribution is -2.27. The van der Waals surface area contributed by atoms with Crippen LogP contribution in [0.15, 0.2) is 41.7 Å². The number of aliphatic hydroxyl groups excluding tert-OH is 1. The van der Waals surface area contributed by atoms with Gasteiger partial charge >= 0.3 is 0 Å². The number of aryl methyl sites for hydroxylation is 1. The number of oxime groups is 1. The average Bonchev–Trinajstić information content (AvgIpc) is 3.46. The number of rotatable bonds is 13. The molecule has 190 valence electrons. The van der Waals surface area contributed by atoms with Crippen LogP contribution in [0.1, 0.15) is 43.7 Å². The van der Waals surface area contributed by atoms with Crippen molar-refractivity contribution in [2.45, 2.75) is 39.0 Å². The van der Waals surface area contributed by atoms with E-state index in [-0.39, 0.29) is 6.61 Å².